The van der Waals surface area contributed by atoms with Crippen LogP contribution in [-0.4, -0.2) is 66.7 Å². The molecule has 0 saturated carbocycles. The van der Waals surface area contributed by atoms with E-state index >= 15 is 4.39 Å². The van der Waals surface area contributed by atoms with Crippen LogP contribution in [0.2, 0.25) is 0 Å². The Labute approximate surface area is 227 Å². The van der Waals surface area contributed by atoms with E-state index in [1.165, 1.54) is 17.0 Å². The Morgan fingerprint density at radius 2 is 1.73 bits per heavy atom. The first-order valence-electron chi connectivity index (χ1n) is 12.7. The van der Waals surface area contributed by atoms with Crippen LogP contribution in [0.4, 0.5) is 45.0 Å². The number of carbonyl (C=O) groups excluding carboxylic acids is 1. The molecule has 5 rings (SSSR count). The number of ether oxygens (including phenoxy) is 1. The lowest BCUT2D eigenvalue weighted by Gasteiger charge is -2.34. The number of benzene rings is 2. The predicted octanol–water partition coefficient (Wildman–Crippen LogP) is 5.07. The van der Waals surface area contributed by atoms with E-state index in [0.717, 1.165) is 19.2 Å². The van der Waals surface area contributed by atoms with E-state index in [9.17, 15) is 22.4 Å². The van der Waals surface area contributed by atoms with Crippen molar-refractivity contribution in [2.75, 3.05) is 55.0 Å². The van der Waals surface area contributed by atoms with Crippen molar-refractivity contribution in [3.63, 3.8) is 0 Å². The van der Waals surface area contributed by atoms with Crippen LogP contribution in [0.5, 0.6) is 5.75 Å². The first-order valence-corrected chi connectivity index (χ1v) is 12.7. The van der Waals surface area contributed by atoms with Gasteiger partial charge in [-0.15, -0.1) is 0 Å². The standard InChI is InChI=1S/C27H27F5N6O2/c1-15(2)38-22-11-16(10-20(29)25(22)40-14-23(38)39)24-18(27(30,31)32)13-33-26(35-24)34-17-4-5-21(19(28)12-17)37-8-6-36(3)7-9-37/h4-5,10-13,15H,6-9,14H2,1-3H3,(H,33,34,35). The van der Waals surface area contributed by atoms with Crippen LogP contribution in [0.1, 0.15) is 19.4 Å². The molecule has 2 aliphatic rings. The maximum Gasteiger partial charge on any atom is 0.419 e. The summed E-state index contributed by atoms with van der Waals surface area (Å²) >= 11 is 0. The second-order valence-corrected chi connectivity index (χ2v) is 9.99. The maximum absolute atomic E-state index is 15.1. The molecule has 3 heterocycles. The fourth-order valence-corrected chi connectivity index (χ4v) is 4.83. The van der Waals surface area contributed by atoms with Gasteiger partial charge in [-0.05, 0) is 51.2 Å². The third-order valence-electron chi connectivity index (χ3n) is 6.82. The van der Waals surface area contributed by atoms with Gasteiger partial charge >= 0.3 is 6.18 Å². The van der Waals surface area contributed by atoms with Crippen LogP contribution < -0.4 is 19.9 Å². The number of alkyl halides is 3. The van der Waals surface area contributed by atoms with Gasteiger partial charge in [0.05, 0.1) is 17.1 Å². The number of fused-ring (bicyclic) bond motifs is 1. The van der Waals surface area contributed by atoms with Crippen LogP contribution in [0.25, 0.3) is 11.3 Å². The van der Waals surface area contributed by atoms with E-state index in [2.05, 4.69) is 20.2 Å². The minimum atomic E-state index is -4.86. The van der Waals surface area contributed by atoms with Crippen LogP contribution in [0.3, 0.4) is 0 Å². The van der Waals surface area contributed by atoms with E-state index in [1.54, 1.807) is 26.0 Å². The number of nitrogens with zero attached hydrogens (tertiary/aromatic N) is 5. The second-order valence-electron chi connectivity index (χ2n) is 9.99. The lowest BCUT2D eigenvalue weighted by atomic mass is 10.0. The number of carbonyl (C=O) groups is 1. The third-order valence-corrected chi connectivity index (χ3v) is 6.82. The van der Waals surface area contributed by atoms with Crippen molar-refractivity contribution < 1.29 is 31.5 Å². The highest BCUT2D eigenvalue weighted by molar-refractivity contribution is 5.99. The van der Waals surface area contributed by atoms with Crippen LogP contribution in [-0.2, 0) is 11.0 Å². The number of nitrogens with one attached hydrogen (secondary N) is 1. The zero-order valence-electron chi connectivity index (χ0n) is 22.0. The number of rotatable bonds is 5. The Kier molecular flexibility index (Phi) is 7.25. The van der Waals surface area contributed by atoms with Crippen molar-refractivity contribution in [3.8, 4) is 17.0 Å². The van der Waals surface area contributed by atoms with E-state index in [-0.39, 0.29) is 35.2 Å². The van der Waals surface area contributed by atoms with Gasteiger partial charge in [0.1, 0.15) is 11.4 Å². The summed E-state index contributed by atoms with van der Waals surface area (Å²) in [4.78, 5) is 25.6. The van der Waals surface area contributed by atoms with Crippen molar-refractivity contribution in [2.45, 2.75) is 26.1 Å². The molecular weight excluding hydrogens is 535 g/mol. The Morgan fingerprint density at radius 3 is 2.38 bits per heavy atom. The summed E-state index contributed by atoms with van der Waals surface area (Å²) in [6.07, 6.45) is -4.28. The van der Waals surface area contributed by atoms with Gasteiger partial charge in [-0.2, -0.15) is 13.2 Å². The highest BCUT2D eigenvalue weighted by atomic mass is 19.4. The molecule has 3 aromatic rings. The minimum absolute atomic E-state index is 0.00376. The molecule has 2 aromatic carbocycles. The van der Waals surface area contributed by atoms with Gasteiger partial charge in [-0.3, -0.25) is 4.79 Å². The quantitative estimate of drug-likeness (QED) is 0.436. The normalized spacial score (nSPS) is 16.3. The van der Waals surface area contributed by atoms with E-state index in [1.807, 2.05) is 11.9 Å². The summed E-state index contributed by atoms with van der Waals surface area (Å²) in [6, 6.07) is 6.10. The maximum atomic E-state index is 15.1. The second kappa shape index (κ2) is 10.5. The Bertz CT molecular complexity index is 1440. The summed E-state index contributed by atoms with van der Waals surface area (Å²) in [7, 11) is 1.99. The molecule has 0 bridgehead atoms. The van der Waals surface area contributed by atoms with Gasteiger partial charge in [0.25, 0.3) is 5.91 Å². The smallest absolute Gasteiger partial charge is 0.419 e. The van der Waals surface area contributed by atoms with E-state index in [0.29, 0.717) is 25.0 Å². The Hall–Kier alpha value is -4.00. The molecule has 8 nitrogen and oxygen atoms in total. The molecule has 13 heteroatoms. The molecule has 0 spiro atoms. The fraction of sp³-hybridized carbons (Fsp3) is 0.370. The van der Waals surface area contributed by atoms with Gasteiger partial charge in [-0.1, -0.05) is 0 Å². The molecule has 0 atom stereocenters. The monoisotopic (exact) mass is 562 g/mol. The summed E-state index contributed by atoms with van der Waals surface area (Å²) in [5.74, 6) is -2.37. The number of likely N-dealkylation sites (N-methyl/N-ethyl adjacent to an activating group) is 1. The Balaban J connectivity index is 1.51. The number of amides is 1. The van der Waals surface area contributed by atoms with Gasteiger partial charge in [-0.25, -0.2) is 18.7 Å². The average molecular weight is 563 g/mol. The first-order chi connectivity index (χ1) is 18.9. The largest absolute Gasteiger partial charge is 0.478 e. The highest BCUT2D eigenvalue weighted by Gasteiger charge is 2.37. The molecule has 212 valence electrons. The van der Waals surface area contributed by atoms with Crippen molar-refractivity contribution in [2.24, 2.45) is 0 Å². The Morgan fingerprint density at radius 1 is 1.00 bits per heavy atom. The lowest BCUT2D eigenvalue weighted by Crippen LogP contribution is -2.44. The SMILES string of the molecule is CC(C)N1C(=O)COc2c(F)cc(-c3nc(Nc4ccc(N5CCN(C)CC5)c(F)c4)ncc3C(F)(F)F)cc21. The average Bonchev–Trinajstić information content (AvgIpc) is 2.88. The third kappa shape index (κ3) is 5.37. The van der Waals surface area contributed by atoms with Gasteiger partial charge in [0.2, 0.25) is 5.95 Å². The molecule has 1 fully saturated rings. The zero-order valence-corrected chi connectivity index (χ0v) is 22.0. The number of aromatic nitrogens is 2. The molecule has 0 radical (unpaired) electrons. The summed E-state index contributed by atoms with van der Waals surface area (Å²) in [5.41, 5.74) is -1.39. The molecular formula is C27H27F5N6O2. The van der Waals surface area contributed by atoms with Gasteiger partial charge in [0, 0.05) is 49.7 Å². The van der Waals surface area contributed by atoms with Crippen molar-refractivity contribution in [1.82, 2.24) is 14.9 Å². The van der Waals surface area contributed by atoms with Gasteiger partial charge in [0.15, 0.2) is 18.2 Å². The van der Waals surface area contributed by atoms with E-state index < -0.39 is 41.0 Å². The molecule has 0 aliphatic carbocycles. The predicted molar refractivity (Wildman–Crippen MR) is 140 cm³/mol. The zero-order chi connectivity index (χ0) is 28.8. The molecule has 1 N–H and O–H groups in total. The molecule has 40 heavy (non-hydrogen) atoms. The lowest BCUT2D eigenvalue weighted by molar-refractivity contribution is -0.137. The number of hydrogen-bond donors (Lipinski definition) is 1. The summed E-state index contributed by atoms with van der Waals surface area (Å²) < 4.78 is 77.1. The number of hydrogen-bond acceptors (Lipinski definition) is 7. The van der Waals surface area contributed by atoms with Crippen LogP contribution in [0, 0.1) is 11.6 Å². The van der Waals surface area contributed by atoms with E-state index in [4.69, 9.17) is 4.74 Å². The molecule has 1 aromatic heterocycles. The summed E-state index contributed by atoms with van der Waals surface area (Å²) in [5, 5.41) is 2.74. The molecule has 1 saturated heterocycles. The van der Waals surface area contributed by atoms with Gasteiger partial charge < -0.3 is 24.8 Å². The van der Waals surface area contributed by atoms with Crippen molar-refractivity contribution in [3.05, 3.63) is 53.7 Å². The number of anilines is 4. The topological polar surface area (TPSA) is 73.8 Å². The number of piperazine rings is 1. The molecule has 2 aliphatic heterocycles. The molecule has 1 amide bonds. The van der Waals surface area contributed by atoms with Crippen LogP contribution >= 0.6 is 0 Å². The molecule has 0 unspecified atom stereocenters. The minimum Gasteiger partial charge on any atom is -0.478 e. The van der Waals surface area contributed by atoms with Crippen LogP contribution in [0.15, 0.2) is 36.5 Å². The summed E-state index contributed by atoms with van der Waals surface area (Å²) in [6.45, 7) is 5.90. The van der Waals surface area contributed by atoms with Crippen molar-refractivity contribution in [1.29, 1.82) is 0 Å². The van der Waals surface area contributed by atoms with Crippen molar-refractivity contribution >= 4 is 28.9 Å². The highest BCUT2D eigenvalue weighted by Crippen LogP contribution is 2.42. The number of halogens is 5. The first kappa shape index (κ1) is 27.6. The fourth-order valence-electron chi connectivity index (χ4n) is 4.83.